The number of hydrogen-bond acceptors (Lipinski definition) is 3. The van der Waals surface area contributed by atoms with Crippen LogP contribution in [0.25, 0.3) is 0 Å². The zero-order valence-electron chi connectivity index (χ0n) is 16.8. The number of aliphatic imine (C=N–C) groups is 1. The number of aryl methyl sites for hydroxylation is 2. The molecule has 1 aliphatic rings. The molecule has 3 rings (SSSR count). The highest BCUT2D eigenvalue weighted by molar-refractivity contribution is 14.0. The van der Waals surface area contributed by atoms with Crippen molar-refractivity contribution in [3.8, 4) is 0 Å². The molecule has 1 amide bonds. The lowest BCUT2D eigenvalue weighted by Crippen LogP contribution is -2.55. The zero-order valence-corrected chi connectivity index (χ0v) is 19.1. The molecule has 0 atom stereocenters. The van der Waals surface area contributed by atoms with Gasteiger partial charge in [-0.05, 0) is 25.8 Å². The van der Waals surface area contributed by atoms with Crippen molar-refractivity contribution in [3.05, 3.63) is 47.8 Å². The van der Waals surface area contributed by atoms with Crippen molar-refractivity contribution in [2.24, 2.45) is 12.0 Å². The number of benzene rings is 1. The first-order chi connectivity index (χ1) is 13.1. The van der Waals surface area contributed by atoms with Crippen molar-refractivity contribution < 1.29 is 4.79 Å². The van der Waals surface area contributed by atoms with Crippen LogP contribution in [0.2, 0.25) is 0 Å². The quantitative estimate of drug-likeness (QED) is 0.392. The summed E-state index contributed by atoms with van der Waals surface area (Å²) in [6.45, 7) is 7.31. The van der Waals surface area contributed by atoms with Gasteiger partial charge >= 0.3 is 0 Å². The minimum absolute atomic E-state index is 0. The number of carbonyl (C=O) groups is 1. The van der Waals surface area contributed by atoms with Crippen molar-refractivity contribution in [3.63, 3.8) is 0 Å². The molecule has 1 aromatic carbocycles. The van der Waals surface area contributed by atoms with Gasteiger partial charge < -0.3 is 15.1 Å². The largest absolute Gasteiger partial charge is 0.357 e. The summed E-state index contributed by atoms with van der Waals surface area (Å²) in [5, 5.41) is 7.47. The fraction of sp³-hybridized carbons (Fsp3) is 0.450. The SMILES string of the molecule is CCNC(=NCCc1ccc(C)cc1)N1CCN(c2cnn(C)c2)C(=O)C1.I. The van der Waals surface area contributed by atoms with Gasteiger partial charge in [-0.3, -0.25) is 14.5 Å². The molecule has 1 fully saturated rings. The van der Waals surface area contributed by atoms with Gasteiger partial charge in [0.25, 0.3) is 0 Å². The number of halogens is 1. The van der Waals surface area contributed by atoms with E-state index in [0.29, 0.717) is 19.6 Å². The van der Waals surface area contributed by atoms with Crippen LogP contribution in [0, 0.1) is 6.92 Å². The van der Waals surface area contributed by atoms with Crippen LogP contribution < -0.4 is 10.2 Å². The molecular formula is C20H29IN6O. The van der Waals surface area contributed by atoms with Crippen molar-refractivity contribution in [1.82, 2.24) is 20.0 Å². The van der Waals surface area contributed by atoms with Gasteiger partial charge in [0.15, 0.2) is 5.96 Å². The molecular weight excluding hydrogens is 467 g/mol. The minimum Gasteiger partial charge on any atom is -0.357 e. The summed E-state index contributed by atoms with van der Waals surface area (Å²) < 4.78 is 1.71. The van der Waals surface area contributed by atoms with Gasteiger partial charge in [-0.1, -0.05) is 29.8 Å². The Hall–Kier alpha value is -2.10. The molecule has 1 aromatic heterocycles. The average Bonchev–Trinajstić information content (AvgIpc) is 3.08. The van der Waals surface area contributed by atoms with Gasteiger partial charge in [0.05, 0.1) is 11.9 Å². The molecule has 7 nitrogen and oxygen atoms in total. The topological polar surface area (TPSA) is 65.8 Å². The molecule has 0 spiro atoms. The van der Waals surface area contributed by atoms with Crippen molar-refractivity contribution in [1.29, 1.82) is 0 Å². The number of nitrogens with one attached hydrogen (secondary N) is 1. The zero-order chi connectivity index (χ0) is 19.2. The van der Waals surface area contributed by atoms with Gasteiger partial charge in [-0.2, -0.15) is 5.10 Å². The Morgan fingerprint density at radius 3 is 2.61 bits per heavy atom. The summed E-state index contributed by atoms with van der Waals surface area (Å²) in [5.74, 6) is 0.877. The first kappa shape index (κ1) is 22.2. The molecule has 1 N–H and O–H groups in total. The number of nitrogens with zero attached hydrogens (tertiary/aromatic N) is 5. The highest BCUT2D eigenvalue weighted by atomic mass is 127. The number of aromatic nitrogens is 2. The van der Waals surface area contributed by atoms with Gasteiger partial charge in [-0.15, -0.1) is 24.0 Å². The normalized spacial score (nSPS) is 14.8. The molecule has 152 valence electrons. The molecule has 0 aliphatic carbocycles. The number of hydrogen-bond donors (Lipinski definition) is 1. The van der Waals surface area contributed by atoms with E-state index in [9.17, 15) is 4.79 Å². The lowest BCUT2D eigenvalue weighted by atomic mass is 10.1. The van der Waals surface area contributed by atoms with Crippen molar-refractivity contribution in [2.75, 3.05) is 37.6 Å². The highest BCUT2D eigenvalue weighted by Crippen LogP contribution is 2.16. The van der Waals surface area contributed by atoms with E-state index in [2.05, 4.69) is 41.6 Å². The van der Waals surface area contributed by atoms with E-state index >= 15 is 0 Å². The summed E-state index contributed by atoms with van der Waals surface area (Å²) >= 11 is 0. The van der Waals surface area contributed by atoms with E-state index < -0.39 is 0 Å². The van der Waals surface area contributed by atoms with E-state index in [0.717, 1.165) is 31.2 Å². The van der Waals surface area contributed by atoms with Crippen LogP contribution in [0.3, 0.4) is 0 Å². The number of piperazine rings is 1. The smallest absolute Gasteiger partial charge is 0.246 e. The van der Waals surface area contributed by atoms with Crippen LogP contribution in [0.15, 0.2) is 41.7 Å². The van der Waals surface area contributed by atoms with E-state index in [1.54, 1.807) is 15.8 Å². The third kappa shape index (κ3) is 5.70. The van der Waals surface area contributed by atoms with E-state index in [1.807, 2.05) is 25.1 Å². The molecule has 2 heterocycles. The second kappa shape index (κ2) is 10.4. The Labute approximate surface area is 183 Å². The Kier molecular flexibility index (Phi) is 8.28. The van der Waals surface area contributed by atoms with Crippen LogP contribution >= 0.6 is 24.0 Å². The summed E-state index contributed by atoms with van der Waals surface area (Å²) in [6.07, 6.45) is 4.49. The number of anilines is 1. The lowest BCUT2D eigenvalue weighted by molar-refractivity contribution is -0.120. The van der Waals surface area contributed by atoms with Crippen LogP contribution in [0.5, 0.6) is 0 Å². The van der Waals surface area contributed by atoms with E-state index in [-0.39, 0.29) is 29.9 Å². The third-order valence-electron chi connectivity index (χ3n) is 4.64. The number of rotatable bonds is 5. The average molecular weight is 496 g/mol. The second-order valence-electron chi connectivity index (χ2n) is 6.81. The standard InChI is InChI=1S/C20H28N6O.HI/c1-4-21-20(22-10-9-17-7-5-16(2)6-8-17)25-11-12-26(19(27)15-25)18-13-23-24(3)14-18;/h5-8,13-14H,4,9-12,15H2,1-3H3,(H,21,22);1H. The van der Waals surface area contributed by atoms with Gasteiger partial charge in [0.2, 0.25) is 5.91 Å². The molecule has 1 aliphatic heterocycles. The van der Waals surface area contributed by atoms with Crippen LogP contribution in [0.1, 0.15) is 18.1 Å². The molecule has 2 aromatic rings. The Morgan fingerprint density at radius 2 is 2.00 bits per heavy atom. The number of carbonyl (C=O) groups excluding carboxylic acids is 1. The Balaban J connectivity index is 0.00000280. The summed E-state index contributed by atoms with van der Waals surface area (Å²) in [6, 6.07) is 8.54. The fourth-order valence-corrected chi connectivity index (χ4v) is 3.15. The van der Waals surface area contributed by atoms with E-state index in [4.69, 9.17) is 4.99 Å². The molecule has 0 radical (unpaired) electrons. The predicted molar refractivity (Wildman–Crippen MR) is 123 cm³/mol. The lowest BCUT2D eigenvalue weighted by Gasteiger charge is -2.35. The summed E-state index contributed by atoms with van der Waals surface area (Å²) in [4.78, 5) is 21.2. The molecule has 8 heteroatoms. The maximum atomic E-state index is 12.6. The predicted octanol–water partition coefficient (Wildman–Crippen LogP) is 2.20. The first-order valence-corrected chi connectivity index (χ1v) is 9.44. The van der Waals surface area contributed by atoms with Crippen LogP contribution in [-0.2, 0) is 18.3 Å². The molecule has 0 bridgehead atoms. The summed E-state index contributed by atoms with van der Waals surface area (Å²) in [7, 11) is 1.86. The molecule has 0 unspecified atom stereocenters. The molecule has 28 heavy (non-hydrogen) atoms. The monoisotopic (exact) mass is 496 g/mol. The fourth-order valence-electron chi connectivity index (χ4n) is 3.15. The Morgan fingerprint density at radius 1 is 1.25 bits per heavy atom. The first-order valence-electron chi connectivity index (χ1n) is 9.44. The van der Waals surface area contributed by atoms with Gasteiger partial charge in [-0.25, -0.2) is 0 Å². The molecule has 0 saturated carbocycles. The van der Waals surface area contributed by atoms with Crippen LogP contribution in [0.4, 0.5) is 5.69 Å². The minimum atomic E-state index is 0. The van der Waals surface area contributed by atoms with Crippen LogP contribution in [-0.4, -0.2) is 59.3 Å². The summed E-state index contributed by atoms with van der Waals surface area (Å²) in [5.41, 5.74) is 3.39. The second-order valence-corrected chi connectivity index (χ2v) is 6.81. The highest BCUT2D eigenvalue weighted by Gasteiger charge is 2.27. The van der Waals surface area contributed by atoms with Crippen molar-refractivity contribution in [2.45, 2.75) is 20.3 Å². The number of amides is 1. The number of guanidine groups is 1. The molecule has 1 saturated heterocycles. The van der Waals surface area contributed by atoms with E-state index in [1.165, 1.54) is 11.1 Å². The third-order valence-corrected chi connectivity index (χ3v) is 4.64. The van der Waals surface area contributed by atoms with Gasteiger partial charge in [0.1, 0.15) is 6.54 Å². The van der Waals surface area contributed by atoms with Crippen molar-refractivity contribution >= 4 is 41.5 Å². The Bertz CT molecular complexity index is 801. The van der Waals surface area contributed by atoms with Gasteiger partial charge in [0, 0.05) is 39.4 Å². The maximum Gasteiger partial charge on any atom is 0.246 e. The maximum absolute atomic E-state index is 12.6.